The van der Waals surface area contributed by atoms with Crippen LogP contribution in [0.2, 0.25) is 0 Å². The number of carbonyl (C=O) groups excluding carboxylic acids is 2. The van der Waals surface area contributed by atoms with Crippen LogP contribution in [0.25, 0.3) is 0 Å². The van der Waals surface area contributed by atoms with Crippen molar-refractivity contribution in [3.8, 4) is 11.5 Å². The zero-order chi connectivity index (χ0) is 31.4. The number of aryl methyl sites for hydroxylation is 2. The highest BCUT2D eigenvalue weighted by molar-refractivity contribution is 8.00. The molecule has 0 radical (unpaired) electrons. The lowest BCUT2D eigenvalue weighted by molar-refractivity contribution is -0.117. The Kier molecular flexibility index (Phi) is 9.97. The summed E-state index contributed by atoms with van der Waals surface area (Å²) in [5, 5.41) is 20.6. The van der Waals surface area contributed by atoms with Gasteiger partial charge >= 0.3 is 0 Å². The molecule has 0 fully saturated rings. The number of benzene rings is 2. The van der Waals surface area contributed by atoms with E-state index in [1.165, 1.54) is 47.2 Å². The van der Waals surface area contributed by atoms with Crippen LogP contribution >= 0.6 is 34.4 Å². The number of rotatable bonds is 13. The Labute approximate surface area is 266 Å². The molecule has 2 aromatic carbocycles. The first kappa shape index (κ1) is 31.6. The van der Waals surface area contributed by atoms with Gasteiger partial charge < -0.3 is 14.6 Å². The number of aliphatic hydroxyl groups is 1. The highest BCUT2D eigenvalue weighted by Crippen LogP contribution is 2.46. The van der Waals surface area contributed by atoms with Crippen molar-refractivity contribution in [1.82, 2.24) is 15.2 Å². The molecule has 1 unspecified atom stereocenters. The molecule has 13 heteroatoms. The van der Waals surface area contributed by atoms with Crippen molar-refractivity contribution < 1.29 is 28.6 Å². The van der Waals surface area contributed by atoms with Crippen LogP contribution in [-0.4, -0.2) is 45.7 Å². The fourth-order valence-corrected chi connectivity index (χ4v) is 7.50. The van der Waals surface area contributed by atoms with E-state index in [-0.39, 0.29) is 16.5 Å². The number of ether oxygens (including phenoxy) is 2. The Morgan fingerprint density at radius 2 is 1.86 bits per heavy atom. The van der Waals surface area contributed by atoms with Crippen LogP contribution in [0.1, 0.15) is 63.7 Å². The molecule has 9 nitrogen and oxygen atoms in total. The average molecular weight is 655 g/mol. The van der Waals surface area contributed by atoms with Crippen molar-refractivity contribution in [3.05, 3.63) is 86.3 Å². The summed E-state index contributed by atoms with van der Waals surface area (Å²) in [5.41, 5.74) is 1.87. The Morgan fingerprint density at radius 1 is 1.09 bits per heavy atom. The van der Waals surface area contributed by atoms with Crippen LogP contribution < -0.4 is 14.4 Å². The monoisotopic (exact) mass is 654 g/mol. The predicted molar refractivity (Wildman–Crippen MR) is 170 cm³/mol. The molecular formula is C31H31FN4O5S3. The third kappa shape index (κ3) is 6.64. The number of thiazole rings is 1. The van der Waals surface area contributed by atoms with Gasteiger partial charge in [0.05, 0.1) is 40.9 Å². The molecule has 44 heavy (non-hydrogen) atoms. The molecule has 2 aromatic heterocycles. The molecule has 3 heterocycles. The number of thioether (sulfide) groups is 1. The van der Waals surface area contributed by atoms with Gasteiger partial charge in [-0.05, 0) is 55.7 Å². The van der Waals surface area contributed by atoms with E-state index >= 15 is 0 Å². The van der Waals surface area contributed by atoms with Gasteiger partial charge in [0.1, 0.15) is 5.82 Å². The summed E-state index contributed by atoms with van der Waals surface area (Å²) in [6, 6.07) is 10.4. The Balaban J connectivity index is 1.51. The lowest BCUT2D eigenvalue weighted by Gasteiger charge is -2.25. The zero-order valence-electron chi connectivity index (χ0n) is 24.6. The van der Waals surface area contributed by atoms with Crippen LogP contribution in [0.5, 0.6) is 11.5 Å². The molecule has 1 aliphatic heterocycles. The number of carbonyl (C=O) groups is 2. The first-order valence-electron chi connectivity index (χ1n) is 14.0. The van der Waals surface area contributed by atoms with Crippen molar-refractivity contribution in [2.75, 3.05) is 18.6 Å². The Morgan fingerprint density at radius 3 is 2.55 bits per heavy atom. The maximum atomic E-state index is 14.0. The van der Waals surface area contributed by atoms with Crippen molar-refractivity contribution in [1.29, 1.82) is 0 Å². The molecule has 230 valence electrons. The third-order valence-electron chi connectivity index (χ3n) is 6.95. The molecule has 1 N–H and O–H groups in total. The molecule has 0 aliphatic carbocycles. The number of hydrogen-bond acceptors (Lipinski definition) is 11. The summed E-state index contributed by atoms with van der Waals surface area (Å²) in [7, 11) is 1.52. The van der Waals surface area contributed by atoms with Gasteiger partial charge in [-0.25, -0.2) is 9.37 Å². The minimum absolute atomic E-state index is 0.0730. The molecule has 0 spiro atoms. The predicted octanol–water partition coefficient (Wildman–Crippen LogP) is 7.40. The normalized spacial score (nSPS) is 14.9. The van der Waals surface area contributed by atoms with Crippen LogP contribution in [-0.2, 0) is 10.5 Å². The van der Waals surface area contributed by atoms with Gasteiger partial charge in [-0.2, -0.15) is 0 Å². The van der Waals surface area contributed by atoms with E-state index in [9.17, 15) is 19.1 Å². The van der Waals surface area contributed by atoms with Crippen molar-refractivity contribution >= 4 is 51.3 Å². The van der Waals surface area contributed by atoms with Gasteiger partial charge in [-0.1, -0.05) is 61.1 Å². The number of amides is 1. The van der Waals surface area contributed by atoms with Crippen LogP contribution in [0.15, 0.2) is 58.1 Å². The molecule has 0 saturated carbocycles. The van der Waals surface area contributed by atoms with Gasteiger partial charge in [0.15, 0.2) is 21.6 Å². The molecule has 4 aromatic rings. The number of aromatic nitrogens is 3. The highest BCUT2D eigenvalue weighted by atomic mass is 32.2. The van der Waals surface area contributed by atoms with Gasteiger partial charge in [-0.15, -0.1) is 21.5 Å². The largest absolute Gasteiger partial charge is 0.503 e. The van der Waals surface area contributed by atoms with Crippen molar-refractivity contribution in [2.24, 2.45) is 0 Å². The third-order valence-corrected chi connectivity index (χ3v) is 10.1. The number of nitrogens with zero attached hydrogens (tertiary/aromatic N) is 4. The van der Waals surface area contributed by atoms with E-state index in [1.807, 2.05) is 0 Å². The van der Waals surface area contributed by atoms with E-state index in [1.54, 1.807) is 44.2 Å². The number of unbranched alkanes of at least 4 members (excludes halogenated alkanes) is 2. The molecule has 1 amide bonds. The average Bonchev–Trinajstić information content (AvgIpc) is 3.70. The molecule has 1 atom stereocenters. The van der Waals surface area contributed by atoms with Crippen molar-refractivity contribution in [2.45, 2.75) is 56.2 Å². The van der Waals surface area contributed by atoms with E-state index in [0.717, 1.165) is 36.2 Å². The quantitative estimate of drug-likeness (QED) is 0.0681. The maximum absolute atomic E-state index is 14.0. The minimum Gasteiger partial charge on any atom is -0.503 e. The van der Waals surface area contributed by atoms with Gasteiger partial charge in [0.2, 0.25) is 10.9 Å². The molecule has 0 saturated heterocycles. The number of anilines is 1. The lowest BCUT2D eigenvalue weighted by atomic mass is 9.95. The summed E-state index contributed by atoms with van der Waals surface area (Å²) in [6.07, 6.45) is 3.00. The summed E-state index contributed by atoms with van der Waals surface area (Å²) in [6.45, 7) is 6.16. The Hall–Kier alpha value is -3.81. The second-order valence-corrected chi connectivity index (χ2v) is 13.4. The van der Waals surface area contributed by atoms with Gasteiger partial charge in [0.25, 0.3) is 5.91 Å². The SMILES string of the molecule is CCCCCOc1ccc(C2C(C(=O)c3sc(C)nc3C)=C(O)C(=O)N2c2nnc(SCc3ccc(F)cc3)s2)cc1OC. The van der Waals surface area contributed by atoms with Crippen LogP contribution in [0, 0.1) is 19.7 Å². The van der Waals surface area contributed by atoms with Crippen LogP contribution in [0.3, 0.4) is 0 Å². The number of ketones is 1. The van der Waals surface area contributed by atoms with E-state index in [0.29, 0.717) is 49.3 Å². The number of hydrogen-bond donors (Lipinski definition) is 1. The van der Waals surface area contributed by atoms with E-state index in [4.69, 9.17) is 9.47 Å². The first-order valence-corrected chi connectivity index (χ1v) is 16.6. The lowest BCUT2D eigenvalue weighted by Crippen LogP contribution is -2.31. The second kappa shape index (κ2) is 13.9. The van der Waals surface area contributed by atoms with E-state index < -0.39 is 23.5 Å². The molecule has 1 aliphatic rings. The van der Waals surface area contributed by atoms with Crippen molar-refractivity contribution in [3.63, 3.8) is 0 Å². The Bertz CT molecular complexity index is 1700. The van der Waals surface area contributed by atoms with Gasteiger partial charge in [-0.3, -0.25) is 14.5 Å². The second-order valence-electron chi connectivity index (χ2n) is 10.0. The first-order chi connectivity index (χ1) is 21.2. The maximum Gasteiger partial charge on any atom is 0.296 e. The minimum atomic E-state index is -1.01. The number of aliphatic hydroxyl groups excluding tert-OH is 1. The smallest absolute Gasteiger partial charge is 0.296 e. The summed E-state index contributed by atoms with van der Waals surface area (Å²) >= 11 is 3.75. The fraction of sp³-hybridized carbons (Fsp3) is 0.323. The topological polar surface area (TPSA) is 115 Å². The number of Topliss-reactive ketones (excluding diaryl/α,β-unsaturated/α-hetero) is 1. The number of methoxy groups -OCH3 is 1. The molecular weight excluding hydrogens is 624 g/mol. The van der Waals surface area contributed by atoms with E-state index in [2.05, 4.69) is 22.1 Å². The molecule has 0 bridgehead atoms. The fourth-order valence-electron chi connectivity index (χ4n) is 4.81. The summed E-state index contributed by atoms with van der Waals surface area (Å²) in [4.78, 5) is 33.6. The standard InChI is InChI=1S/C31H31FN4O5S3/c1-5-6-7-14-41-22-13-10-20(15-23(22)40-4)25-24(26(37)28-17(2)33-18(3)43-28)27(38)29(39)36(25)30-34-35-31(44-30)42-16-19-8-11-21(32)12-9-19/h8-13,15,25,38H,5-7,14,16H2,1-4H3. The number of halogens is 1. The zero-order valence-corrected chi connectivity index (χ0v) is 27.1. The summed E-state index contributed by atoms with van der Waals surface area (Å²) in [5.74, 6) is -0.732. The summed E-state index contributed by atoms with van der Waals surface area (Å²) < 4.78 is 25.5. The van der Waals surface area contributed by atoms with Crippen LogP contribution in [0.4, 0.5) is 9.52 Å². The molecule has 5 rings (SSSR count). The highest BCUT2D eigenvalue weighted by Gasteiger charge is 2.47. The van der Waals surface area contributed by atoms with Gasteiger partial charge in [0, 0.05) is 5.75 Å².